The van der Waals surface area contributed by atoms with Crippen LogP contribution in [0.5, 0.6) is 0 Å². The van der Waals surface area contributed by atoms with Crippen LogP contribution in [0, 0.1) is 0 Å². The van der Waals surface area contributed by atoms with Gasteiger partial charge in [0.25, 0.3) is 0 Å². The summed E-state index contributed by atoms with van der Waals surface area (Å²) in [7, 11) is 0. The van der Waals surface area contributed by atoms with E-state index in [1.807, 2.05) is 24.4 Å². The number of rotatable bonds is 2. The van der Waals surface area contributed by atoms with E-state index in [4.69, 9.17) is 0 Å². The van der Waals surface area contributed by atoms with Crippen LogP contribution in [0.25, 0.3) is 22.0 Å². The molecule has 3 aromatic rings. The number of nitrogens with zero attached hydrogens (tertiary/aromatic N) is 1. The minimum absolute atomic E-state index is 0.0412. The summed E-state index contributed by atoms with van der Waals surface area (Å²) in [6, 6.07) is 16.5. The maximum atomic E-state index is 11.9. The van der Waals surface area contributed by atoms with E-state index in [2.05, 4.69) is 44.2 Å². The lowest BCUT2D eigenvalue weighted by molar-refractivity contribution is 0.0942. The van der Waals surface area contributed by atoms with Crippen molar-refractivity contribution in [1.82, 2.24) is 4.57 Å². The van der Waals surface area contributed by atoms with Crippen molar-refractivity contribution in [3.8, 4) is 11.1 Å². The third-order valence-corrected chi connectivity index (χ3v) is 3.92. The van der Waals surface area contributed by atoms with Gasteiger partial charge in [-0.15, -0.1) is 0 Å². The number of aromatic nitrogens is 1. The number of para-hydroxylation sites is 1. The van der Waals surface area contributed by atoms with Crippen molar-refractivity contribution in [3.05, 3.63) is 60.3 Å². The molecule has 0 N–H and O–H groups in total. The van der Waals surface area contributed by atoms with Crippen LogP contribution in [0.1, 0.15) is 37.0 Å². The maximum absolute atomic E-state index is 11.9. The summed E-state index contributed by atoms with van der Waals surface area (Å²) in [5, 5.41) is 1.13. The van der Waals surface area contributed by atoms with E-state index in [0.717, 1.165) is 16.5 Å². The quantitative estimate of drug-likeness (QED) is 0.639. The van der Waals surface area contributed by atoms with Crippen molar-refractivity contribution >= 4 is 16.8 Å². The molecule has 106 valence electrons. The average Bonchev–Trinajstić information content (AvgIpc) is 2.87. The summed E-state index contributed by atoms with van der Waals surface area (Å²) in [6.45, 7) is 6.00. The molecule has 0 spiro atoms. The summed E-state index contributed by atoms with van der Waals surface area (Å²) < 4.78 is 1.74. The highest BCUT2D eigenvalue weighted by Crippen LogP contribution is 2.35. The van der Waals surface area contributed by atoms with Gasteiger partial charge in [0.1, 0.15) is 0 Å². The standard InChI is InChI=1S/C19H19NO/c1-13(2)15-8-4-5-9-16(15)18-12-20(14(3)21)19-11-7-6-10-17(18)19/h4-13H,1-3H3. The molecule has 0 saturated heterocycles. The van der Waals surface area contributed by atoms with Crippen molar-refractivity contribution in [2.24, 2.45) is 0 Å². The number of fused-ring (bicyclic) bond motifs is 1. The lowest BCUT2D eigenvalue weighted by Crippen LogP contribution is -2.02. The van der Waals surface area contributed by atoms with Gasteiger partial charge >= 0.3 is 0 Å². The zero-order valence-corrected chi connectivity index (χ0v) is 12.6. The fraction of sp³-hybridized carbons (Fsp3) is 0.211. The van der Waals surface area contributed by atoms with Crippen molar-refractivity contribution in [2.45, 2.75) is 26.7 Å². The summed E-state index contributed by atoms with van der Waals surface area (Å²) in [6.07, 6.45) is 1.97. The zero-order chi connectivity index (χ0) is 15.0. The molecule has 0 aliphatic heterocycles. The van der Waals surface area contributed by atoms with E-state index in [0.29, 0.717) is 5.92 Å². The smallest absolute Gasteiger partial charge is 0.227 e. The molecule has 21 heavy (non-hydrogen) atoms. The first kappa shape index (κ1) is 13.6. The summed E-state index contributed by atoms with van der Waals surface area (Å²) in [5.74, 6) is 0.486. The van der Waals surface area contributed by atoms with Gasteiger partial charge in [-0.3, -0.25) is 9.36 Å². The average molecular weight is 277 g/mol. The molecule has 2 heteroatoms. The number of hydrogen-bond acceptors (Lipinski definition) is 1. The van der Waals surface area contributed by atoms with Gasteiger partial charge in [-0.05, 0) is 23.1 Å². The number of hydrogen-bond donors (Lipinski definition) is 0. The lowest BCUT2D eigenvalue weighted by Gasteiger charge is -2.11. The Balaban J connectivity index is 2.34. The topological polar surface area (TPSA) is 22.0 Å². The molecule has 0 saturated carbocycles. The number of carbonyl (C=O) groups is 1. The minimum Gasteiger partial charge on any atom is -0.287 e. The Labute approximate surface area is 125 Å². The summed E-state index contributed by atoms with van der Waals surface area (Å²) in [5.41, 5.74) is 4.62. The third-order valence-electron chi connectivity index (χ3n) is 3.92. The van der Waals surface area contributed by atoms with Gasteiger partial charge in [-0.25, -0.2) is 0 Å². The first-order chi connectivity index (χ1) is 10.1. The molecular formula is C19H19NO. The number of carbonyl (C=O) groups excluding carboxylic acids is 1. The Morgan fingerprint density at radius 3 is 2.33 bits per heavy atom. The predicted octanol–water partition coefficient (Wildman–Crippen LogP) is 5.09. The Morgan fingerprint density at radius 2 is 1.62 bits per heavy atom. The van der Waals surface area contributed by atoms with Crippen LogP contribution in [0.4, 0.5) is 0 Å². The van der Waals surface area contributed by atoms with E-state index in [-0.39, 0.29) is 5.91 Å². The first-order valence-corrected chi connectivity index (χ1v) is 7.30. The highest BCUT2D eigenvalue weighted by atomic mass is 16.1. The second-order valence-electron chi connectivity index (χ2n) is 5.69. The Bertz CT molecular complexity index is 811. The van der Waals surface area contributed by atoms with Crippen LogP contribution in [0.2, 0.25) is 0 Å². The van der Waals surface area contributed by atoms with Crippen molar-refractivity contribution in [2.75, 3.05) is 0 Å². The van der Waals surface area contributed by atoms with Gasteiger partial charge < -0.3 is 0 Å². The highest BCUT2D eigenvalue weighted by molar-refractivity contribution is 6.01. The summed E-state index contributed by atoms with van der Waals surface area (Å²) >= 11 is 0. The molecular weight excluding hydrogens is 258 g/mol. The molecule has 0 fully saturated rings. The second kappa shape index (κ2) is 5.21. The van der Waals surface area contributed by atoms with Crippen molar-refractivity contribution in [1.29, 1.82) is 0 Å². The number of benzene rings is 2. The van der Waals surface area contributed by atoms with Crippen molar-refractivity contribution in [3.63, 3.8) is 0 Å². The van der Waals surface area contributed by atoms with Gasteiger partial charge in [-0.2, -0.15) is 0 Å². The monoisotopic (exact) mass is 277 g/mol. The molecule has 0 atom stereocenters. The second-order valence-corrected chi connectivity index (χ2v) is 5.69. The van der Waals surface area contributed by atoms with Crippen LogP contribution in [-0.2, 0) is 0 Å². The van der Waals surface area contributed by atoms with Gasteiger partial charge in [0.2, 0.25) is 5.91 Å². The van der Waals surface area contributed by atoms with E-state index in [1.54, 1.807) is 11.5 Å². The minimum atomic E-state index is 0.0412. The van der Waals surface area contributed by atoms with Gasteiger partial charge in [0.15, 0.2) is 0 Å². The van der Waals surface area contributed by atoms with Crippen LogP contribution in [0.3, 0.4) is 0 Å². The molecule has 2 nitrogen and oxygen atoms in total. The van der Waals surface area contributed by atoms with E-state index >= 15 is 0 Å². The van der Waals surface area contributed by atoms with Crippen LogP contribution in [0.15, 0.2) is 54.7 Å². The van der Waals surface area contributed by atoms with Crippen LogP contribution < -0.4 is 0 Å². The molecule has 0 radical (unpaired) electrons. The molecule has 0 bridgehead atoms. The van der Waals surface area contributed by atoms with E-state index in [9.17, 15) is 4.79 Å². The van der Waals surface area contributed by atoms with Crippen LogP contribution >= 0.6 is 0 Å². The lowest BCUT2D eigenvalue weighted by atomic mass is 9.92. The van der Waals surface area contributed by atoms with Gasteiger partial charge in [0.05, 0.1) is 5.52 Å². The fourth-order valence-corrected chi connectivity index (χ4v) is 2.90. The van der Waals surface area contributed by atoms with Gasteiger partial charge in [-0.1, -0.05) is 56.3 Å². The third kappa shape index (κ3) is 2.27. The molecule has 0 aliphatic rings. The SMILES string of the molecule is CC(=O)n1cc(-c2ccccc2C(C)C)c2ccccc21. The van der Waals surface area contributed by atoms with E-state index < -0.39 is 0 Å². The highest BCUT2D eigenvalue weighted by Gasteiger charge is 2.15. The fourth-order valence-electron chi connectivity index (χ4n) is 2.90. The normalized spacial score (nSPS) is 11.2. The Kier molecular flexibility index (Phi) is 3.38. The van der Waals surface area contributed by atoms with Crippen molar-refractivity contribution < 1.29 is 4.79 Å². The van der Waals surface area contributed by atoms with Gasteiger partial charge in [0, 0.05) is 24.1 Å². The molecule has 0 unspecified atom stereocenters. The molecule has 2 aromatic carbocycles. The Hall–Kier alpha value is -2.35. The van der Waals surface area contributed by atoms with Crippen LogP contribution in [-0.4, -0.2) is 10.5 Å². The maximum Gasteiger partial charge on any atom is 0.227 e. The molecule has 1 heterocycles. The zero-order valence-electron chi connectivity index (χ0n) is 12.6. The predicted molar refractivity (Wildman–Crippen MR) is 87.8 cm³/mol. The largest absolute Gasteiger partial charge is 0.287 e. The first-order valence-electron chi connectivity index (χ1n) is 7.30. The Morgan fingerprint density at radius 1 is 0.952 bits per heavy atom. The molecule has 1 aromatic heterocycles. The molecule has 3 rings (SSSR count). The molecule has 0 amide bonds. The summed E-state index contributed by atoms with van der Waals surface area (Å²) in [4.78, 5) is 11.9. The molecule has 0 aliphatic carbocycles. The van der Waals surface area contributed by atoms with E-state index in [1.165, 1.54) is 11.1 Å².